The van der Waals surface area contributed by atoms with Crippen molar-refractivity contribution in [1.29, 1.82) is 0 Å². The van der Waals surface area contributed by atoms with Gasteiger partial charge in [0.25, 0.3) is 0 Å². The SMILES string of the molecule is Nc1ccncc1CC(O)C12CC3CC(CC(C3)C1)C2. The Labute approximate surface area is 120 Å². The van der Waals surface area contributed by atoms with Gasteiger partial charge >= 0.3 is 0 Å². The zero-order chi connectivity index (χ0) is 13.7. The molecule has 1 aromatic rings. The van der Waals surface area contributed by atoms with Crippen molar-refractivity contribution in [1.82, 2.24) is 4.98 Å². The summed E-state index contributed by atoms with van der Waals surface area (Å²) < 4.78 is 0. The first kappa shape index (κ1) is 12.6. The average molecular weight is 272 g/mol. The summed E-state index contributed by atoms with van der Waals surface area (Å²) in [5.74, 6) is 2.63. The largest absolute Gasteiger partial charge is 0.398 e. The molecule has 4 bridgehead atoms. The Kier molecular flexibility index (Phi) is 2.81. The van der Waals surface area contributed by atoms with Crippen LogP contribution in [0.15, 0.2) is 18.5 Å². The minimum atomic E-state index is -0.248. The number of hydrogen-bond acceptors (Lipinski definition) is 3. The number of nitrogens with zero attached hydrogens (tertiary/aromatic N) is 1. The molecule has 0 amide bonds. The number of aliphatic hydroxyl groups is 1. The van der Waals surface area contributed by atoms with Crippen molar-refractivity contribution >= 4 is 5.69 Å². The smallest absolute Gasteiger partial charge is 0.0638 e. The number of pyridine rings is 1. The van der Waals surface area contributed by atoms with Crippen LogP contribution in [-0.2, 0) is 6.42 Å². The Morgan fingerprint density at radius 3 is 2.35 bits per heavy atom. The maximum atomic E-state index is 10.9. The second-order valence-electron chi connectivity index (χ2n) is 7.57. The molecule has 3 N–H and O–H groups in total. The minimum Gasteiger partial charge on any atom is -0.398 e. The molecule has 3 nitrogen and oxygen atoms in total. The summed E-state index contributed by atoms with van der Waals surface area (Å²) in [6.45, 7) is 0. The van der Waals surface area contributed by atoms with Crippen LogP contribution in [0.5, 0.6) is 0 Å². The molecule has 0 aliphatic heterocycles. The van der Waals surface area contributed by atoms with E-state index in [0.717, 1.165) is 29.0 Å². The van der Waals surface area contributed by atoms with Gasteiger partial charge in [-0.2, -0.15) is 0 Å². The molecule has 1 atom stereocenters. The Balaban J connectivity index is 1.56. The molecule has 4 fully saturated rings. The number of rotatable bonds is 3. The third kappa shape index (κ3) is 1.95. The van der Waals surface area contributed by atoms with E-state index in [-0.39, 0.29) is 11.5 Å². The molecule has 4 saturated carbocycles. The van der Waals surface area contributed by atoms with Crippen LogP contribution in [0.25, 0.3) is 0 Å². The molecule has 1 unspecified atom stereocenters. The van der Waals surface area contributed by atoms with Crippen LogP contribution in [0.3, 0.4) is 0 Å². The highest BCUT2D eigenvalue weighted by Gasteiger charge is 2.53. The van der Waals surface area contributed by atoms with Gasteiger partial charge in [0, 0.05) is 24.5 Å². The Morgan fingerprint density at radius 1 is 1.20 bits per heavy atom. The first-order chi connectivity index (χ1) is 9.64. The number of nitrogens with two attached hydrogens (primary N) is 1. The standard InChI is InChI=1S/C17H24N2O/c18-15-1-2-19-10-14(15)6-16(20)17-7-11-3-12(8-17)5-13(4-11)9-17/h1-2,10-13,16,20H,3-9H2,(H2,18,19). The number of aliphatic hydroxyl groups excluding tert-OH is 1. The van der Waals surface area contributed by atoms with E-state index in [1.807, 2.05) is 12.3 Å². The molecule has 5 rings (SSSR count). The van der Waals surface area contributed by atoms with E-state index in [9.17, 15) is 5.11 Å². The topological polar surface area (TPSA) is 59.1 Å². The lowest BCUT2D eigenvalue weighted by atomic mass is 9.48. The van der Waals surface area contributed by atoms with Crippen LogP contribution >= 0.6 is 0 Å². The Bertz CT molecular complexity index is 478. The van der Waals surface area contributed by atoms with Gasteiger partial charge in [0.2, 0.25) is 0 Å². The molecule has 0 spiro atoms. The van der Waals surface area contributed by atoms with Gasteiger partial charge in [-0.25, -0.2) is 0 Å². The lowest BCUT2D eigenvalue weighted by molar-refractivity contribution is -0.119. The Hall–Kier alpha value is -1.09. The molecule has 108 valence electrons. The second-order valence-corrected chi connectivity index (χ2v) is 7.57. The first-order valence-corrected chi connectivity index (χ1v) is 8.01. The normalized spacial score (nSPS) is 40.0. The summed E-state index contributed by atoms with van der Waals surface area (Å²) in [4.78, 5) is 4.15. The summed E-state index contributed by atoms with van der Waals surface area (Å²) in [7, 11) is 0. The van der Waals surface area contributed by atoms with E-state index in [0.29, 0.717) is 6.42 Å². The van der Waals surface area contributed by atoms with Gasteiger partial charge in [0.15, 0.2) is 0 Å². The third-order valence-electron chi connectivity index (χ3n) is 6.15. The fraction of sp³-hybridized carbons (Fsp3) is 0.706. The summed E-state index contributed by atoms with van der Waals surface area (Å²) in [6.07, 6.45) is 11.9. The zero-order valence-electron chi connectivity index (χ0n) is 12.0. The van der Waals surface area contributed by atoms with Crippen molar-refractivity contribution in [2.75, 3.05) is 5.73 Å². The number of aromatic nitrogens is 1. The first-order valence-electron chi connectivity index (χ1n) is 8.01. The van der Waals surface area contributed by atoms with E-state index in [1.165, 1.54) is 38.5 Å². The summed E-state index contributed by atoms with van der Waals surface area (Å²) in [6, 6.07) is 1.84. The summed E-state index contributed by atoms with van der Waals surface area (Å²) >= 11 is 0. The van der Waals surface area contributed by atoms with Crippen molar-refractivity contribution < 1.29 is 5.11 Å². The molecular weight excluding hydrogens is 248 g/mol. The van der Waals surface area contributed by atoms with Gasteiger partial charge < -0.3 is 10.8 Å². The van der Waals surface area contributed by atoms with Gasteiger partial charge in [-0.1, -0.05) is 0 Å². The number of hydrogen-bond donors (Lipinski definition) is 2. The molecule has 1 heterocycles. The lowest BCUT2D eigenvalue weighted by Crippen LogP contribution is -2.52. The maximum Gasteiger partial charge on any atom is 0.0638 e. The Morgan fingerprint density at radius 2 is 1.80 bits per heavy atom. The number of anilines is 1. The molecule has 1 aromatic heterocycles. The molecule has 0 aromatic carbocycles. The number of nitrogen functional groups attached to an aromatic ring is 1. The third-order valence-corrected chi connectivity index (χ3v) is 6.15. The highest BCUT2D eigenvalue weighted by molar-refractivity contribution is 5.44. The van der Waals surface area contributed by atoms with Gasteiger partial charge in [0.05, 0.1) is 6.10 Å². The molecule has 4 aliphatic rings. The predicted molar refractivity (Wildman–Crippen MR) is 79.0 cm³/mol. The quantitative estimate of drug-likeness (QED) is 0.889. The average Bonchev–Trinajstić information content (AvgIpc) is 2.40. The van der Waals surface area contributed by atoms with Crippen LogP contribution in [0.2, 0.25) is 0 Å². The highest BCUT2D eigenvalue weighted by atomic mass is 16.3. The van der Waals surface area contributed by atoms with Gasteiger partial charge in [0.1, 0.15) is 0 Å². The maximum absolute atomic E-state index is 10.9. The monoisotopic (exact) mass is 272 g/mol. The van der Waals surface area contributed by atoms with Crippen LogP contribution in [0, 0.1) is 23.2 Å². The molecule has 20 heavy (non-hydrogen) atoms. The molecule has 3 heteroatoms. The molecular formula is C17H24N2O. The minimum absolute atomic E-state index is 0.178. The van der Waals surface area contributed by atoms with E-state index < -0.39 is 0 Å². The highest BCUT2D eigenvalue weighted by Crippen LogP contribution is 2.61. The fourth-order valence-electron chi connectivity index (χ4n) is 5.62. The molecule has 0 saturated heterocycles. The van der Waals surface area contributed by atoms with Gasteiger partial charge in [-0.15, -0.1) is 0 Å². The van der Waals surface area contributed by atoms with Crippen LogP contribution in [0.4, 0.5) is 5.69 Å². The van der Waals surface area contributed by atoms with Crippen molar-refractivity contribution in [3.8, 4) is 0 Å². The lowest BCUT2D eigenvalue weighted by Gasteiger charge is -2.58. The van der Waals surface area contributed by atoms with Crippen LogP contribution < -0.4 is 5.73 Å². The predicted octanol–water partition coefficient (Wildman–Crippen LogP) is 2.78. The summed E-state index contributed by atoms with van der Waals surface area (Å²) in [5.41, 5.74) is 7.96. The van der Waals surface area contributed by atoms with Gasteiger partial charge in [-0.3, -0.25) is 4.98 Å². The van der Waals surface area contributed by atoms with Crippen molar-refractivity contribution in [2.24, 2.45) is 23.2 Å². The van der Waals surface area contributed by atoms with Crippen LogP contribution in [-0.4, -0.2) is 16.2 Å². The van der Waals surface area contributed by atoms with E-state index in [1.54, 1.807) is 6.20 Å². The van der Waals surface area contributed by atoms with E-state index in [4.69, 9.17) is 5.73 Å². The van der Waals surface area contributed by atoms with E-state index in [2.05, 4.69) is 4.98 Å². The zero-order valence-corrected chi connectivity index (χ0v) is 12.0. The fourth-order valence-corrected chi connectivity index (χ4v) is 5.62. The summed E-state index contributed by atoms with van der Waals surface area (Å²) in [5, 5.41) is 10.9. The van der Waals surface area contributed by atoms with Crippen molar-refractivity contribution in [3.63, 3.8) is 0 Å². The molecule has 0 radical (unpaired) electrons. The molecule has 4 aliphatic carbocycles. The van der Waals surface area contributed by atoms with Crippen molar-refractivity contribution in [2.45, 2.75) is 51.0 Å². The second kappa shape index (κ2) is 4.45. The van der Waals surface area contributed by atoms with Crippen molar-refractivity contribution in [3.05, 3.63) is 24.0 Å². The van der Waals surface area contributed by atoms with E-state index >= 15 is 0 Å². The van der Waals surface area contributed by atoms with Crippen LogP contribution in [0.1, 0.15) is 44.1 Å². The van der Waals surface area contributed by atoms with Gasteiger partial charge in [-0.05, 0) is 73.3 Å².